The monoisotopic (exact) mass is 272 g/mol. The molecule has 4 rings (SSSR count). The van der Waals surface area contributed by atoms with Gasteiger partial charge in [-0.3, -0.25) is 0 Å². The Morgan fingerprint density at radius 1 is 1.30 bits per heavy atom. The maximum atomic E-state index is 11.2. The summed E-state index contributed by atoms with van der Waals surface area (Å²) in [7, 11) is 2.20. The van der Waals surface area contributed by atoms with E-state index in [1.165, 1.54) is 19.3 Å². The van der Waals surface area contributed by atoms with Gasteiger partial charge in [-0.05, 0) is 44.9 Å². The number of imidazole rings is 1. The Hall–Kier alpha value is -1.46. The second-order valence-corrected chi connectivity index (χ2v) is 6.28. The lowest BCUT2D eigenvalue weighted by Crippen LogP contribution is -2.55. The largest absolute Gasteiger partial charge is 0.383 e. The molecule has 0 radical (unpaired) electrons. The zero-order chi connectivity index (χ0) is 13.7. The summed E-state index contributed by atoms with van der Waals surface area (Å²) in [4.78, 5) is 6.83. The molecule has 2 aromatic heterocycles. The highest BCUT2D eigenvalue weighted by Crippen LogP contribution is 2.43. The average Bonchev–Trinajstić information content (AvgIpc) is 2.85. The van der Waals surface area contributed by atoms with Gasteiger partial charge >= 0.3 is 0 Å². The van der Waals surface area contributed by atoms with Crippen LogP contribution in [0.2, 0.25) is 0 Å². The standard InChI is InChI=1S/C15H20N4O/c1-18-11-4-2-5-12(18)9-15(20,8-11)13-10-16-14-6-3-7-17-19(13)14/h3,6-7,10-12,20H,2,4-5,8-9H2,1H3. The normalized spacial score (nSPS) is 34.5. The lowest BCUT2D eigenvalue weighted by molar-refractivity contribution is -0.0907. The first-order valence-electron chi connectivity index (χ1n) is 7.41. The van der Waals surface area contributed by atoms with E-state index in [2.05, 4.69) is 22.0 Å². The molecule has 0 aliphatic carbocycles. The Labute approximate surface area is 118 Å². The van der Waals surface area contributed by atoms with Crippen LogP contribution in [0.5, 0.6) is 0 Å². The molecule has 0 aromatic carbocycles. The van der Waals surface area contributed by atoms with Crippen molar-refractivity contribution in [2.75, 3.05) is 7.05 Å². The van der Waals surface area contributed by atoms with E-state index in [9.17, 15) is 5.11 Å². The SMILES string of the molecule is CN1C2CCCC1CC(O)(c1cnc3cccnn13)C2. The molecule has 4 heterocycles. The first-order chi connectivity index (χ1) is 9.67. The summed E-state index contributed by atoms with van der Waals surface area (Å²) in [5.74, 6) is 0. The topological polar surface area (TPSA) is 53.7 Å². The number of hydrogen-bond donors (Lipinski definition) is 1. The van der Waals surface area contributed by atoms with Gasteiger partial charge in [0.25, 0.3) is 0 Å². The summed E-state index contributed by atoms with van der Waals surface area (Å²) < 4.78 is 1.79. The van der Waals surface area contributed by atoms with E-state index < -0.39 is 5.60 Å². The van der Waals surface area contributed by atoms with E-state index >= 15 is 0 Å². The summed E-state index contributed by atoms with van der Waals surface area (Å²) in [6.07, 6.45) is 8.75. The minimum atomic E-state index is -0.796. The zero-order valence-electron chi connectivity index (χ0n) is 11.7. The molecule has 0 amide bonds. The molecule has 0 saturated carbocycles. The Morgan fingerprint density at radius 2 is 2.05 bits per heavy atom. The molecule has 0 spiro atoms. The van der Waals surface area contributed by atoms with Gasteiger partial charge in [-0.2, -0.15) is 5.10 Å². The molecule has 2 saturated heterocycles. The smallest absolute Gasteiger partial charge is 0.153 e. The van der Waals surface area contributed by atoms with Crippen molar-refractivity contribution in [1.29, 1.82) is 0 Å². The van der Waals surface area contributed by atoms with Gasteiger partial charge in [-0.25, -0.2) is 9.50 Å². The fourth-order valence-corrected chi connectivity index (χ4v) is 4.01. The maximum Gasteiger partial charge on any atom is 0.153 e. The molecule has 2 aliphatic heterocycles. The molecule has 2 aromatic rings. The van der Waals surface area contributed by atoms with Gasteiger partial charge in [0.1, 0.15) is 5.60 Å². The van der Waals surface area contributed by atoms with E-state index in [0.29, 0.717) is 12.1 Å². The van der Waals surface area contributed by atoms with Gasteiger partial charge in [0.2, 0.25) is 0 Å². The maximum absolute atomic E-state index is 11.2. The fourth-order valence-electron chi connectivity index (χ4n) is 4.01. The number of rotatable bonds is 1. The molecular weight excluding hydrogens is 252 g/mol. The summed E-state index contributed by atoms with van der Waals surface area (Å²) in [5, 5.41) is 15.6. The van der Waals surface area contributed by atoms with Gasteiger partial charge in [0, 0.05) is 18.3 Å². The summed E-state index contributed by atoms with van der Waals surface area (Å²) in [6.45, 7) is 0. The van der Waals surface area contributed by atoms with Gasteiger partial charge in [-0.15, -0.1) is 0 Å². The Morgan fingerprint density at radius 3 is 2.80 bits per heavy atom. The molecule has 2 fully saturated rings. The van der Waals surface area contributed by atoms with Gasteiger partial charge in [0.15, 0.2) is 5.65 Å². The first kappa shape index (κ1) is 12.3. The second kappa shape index (κ2) is 4.27. The number of aromatic nitrogens is 3. The van der Waals surface area contributed by atoms with Crippen molar-refractivity contribution >= 4 is 5.65 Å². The van der Waals surface area contributed by atoms with Gasteiger partial charge in [0.05, 0.1) is 11.9 Å². The van der Waals surface area contributed by atoms with Crippen LogP contribution in [0.1, 0.15) is 37.8 Å². The summed E-state index contributed by atoms with van der Waals surface area (Å²) in [6, 6.07) is 4.75. The van der Waals surface area contributed by atoms with Crippen molar-refractivity contribution in [2.24, 2.45) is 0 Å². The van der Waals surface area contributed by atoms with Crippen LogP contribution in [0, 0.1) is 0 Å². The quantitative estimate of drug-likeness (QED) is 0.856. The van der Waals surface area contributed by atoms with Crippen molar-refractivity contribution in [3.05, 3.63) is 30.2 Å². The molecule has 106 valence electrons. The third-order valence-corrected chi connectivity index (χ3v) is 5.13. The van der Waals surface area contributed by atoms with E-state index in [0.717, 1.165) is 24.2 Å². The highest BCUT2D eigenvalue weighted by molar-refractivity contribution is 5.39. The van der Waals surface area contributed by atoms with Crippen LogP contribution in [0.4, 0.5) is 0 Å². The van der Waals surface area contributed by atoms with Crippen molar-refractivity contribution in [1.82, 2.24) is 19.5 Å². The fraction of sp³-hybridized carbons (Fsp3) is 0.600. The number of hydrogen-bond acceptors (Lipinski definition) is 4. The Kier molecular flexibility index (Phi) is 2.62. The Bertz CT molecular complexity index is 624. The van der Waals surface area contributed by atoms with Gasteiger partial charge in [-0.1, -0.05) is 6.42 Å². The van der Waals surface area contributed by atoms with E-state index in [1.807, 2.05) is 12.1 Å². The highest BCUT2D eigenvalue weighted by atomic mass is 16.3. The molecule has 2 unspecified atom stereocenters. The molecule has 2 aliphatic rings. The highest BCUT2D eigenvalue weighted by Gasteiger charge is 2.46. The molecule has 5 heteroatoms. The second-order valence-electron chi connectivity index (χ2n) is 6.28. The van der Waals surface area contributed by atoms with Crippen LogP contribution in [0.3, 0.4) is 0 Å². The van der Waals surface area contributed by atoms with Crippen LogP contribution in [-0.4, -0.2) is 43.7 Å². The number of aliphatic hydroxyl groups is 1. The number of piperidine rings is 2. The van der Waals surface area contributed by atoms with Crippen LogP contribution in [0.15, 0.2) is 24.5 Å². The van der Waals surface area contributed by atoms with Crippen molar-refractivity contribution in [3.8, 4) is 0 Å². The van der Waals surface area contributed by atoms with Crippen LogP contribution >= 0.6 is 0 Å². The lowest BCUT2D eigenvalue weighted by atomic mass is 9.74. The molecular formula is C15H20N4O. The lowest BCUT2D eigenvalue weighted by Gasteiger charge is -2.50. The predicted octanol–water partition coefficient (Wildman–Crippen LogP) is 1.56. The summed E-state index contributed by atoms with van der Waals surface area (Å²) >= 11 is 0. The van der Waals surface area contributed by atoms with E-state index in [-0.39, 0.29) is 0 Å². The van der Waals surface area contributed by atoms with Crippen molar-refractivity contribution in [2.45, 2.75) is 49.8 Å². The third-order valence-electron chi connectivity index (χ3n) is 5.13. The molecule has 2 atom stereocenters. The third kappa shape index (κ3) is 1.70. The zero-order valence-corrected chi connectivity index (χ0v) is 11.7. The van der Waals surface area contributed by atoms with Crippen LogP contribution in [-0.2, 0) is 5.60 Å². The van der Waals surface area contributed by atoms with Crippen molar-refractivity contribution < 1.29 is 5.11 Å². The minimum Gasteiger partial charge on any atom is -0.383 e. The summed E-state index contributed by atoms with van der Waals surface area (Å²) in [5.41, 5.74) is 0.855. The molecule has 2 bridgehead atoms. The number of fused-ring (bicyclic) bond motifs is 3. The molecule has 1 N–H and O–H groups in total. The van der Waals surface area contributed by atoms with Crippen molar-refractivity contribution in [3.63, 3.8) is 0 Å². The Balaban J connectivity index is 1.77. The van der Waals surface area contributed by atoms with Gasteiger partial charge < -0.3 is 10.0 Å². The van der Waals surface area contributed by atoms with Crippen LogP contribution in [0.25, 0.3) is 5.65 Å². The van der Waals surface area contributed by atoms with E-state index in [1.54, 1.807) is 16.9 Å². The van der Waals surface area contributed by atoms with E-state index in [4.69, 9.17) is 0 Å². The minimum absolute atomic E-state index is 0.474. The number of nitrogens with zero attached hydrogens (tertiary/aromatic N) is 4. The van der Waals surface area contributed by atoms with Crippen LogP contribution < -0.4 is 0 Å². The molecule has 5 nitrogen and oxygen atoms in total. The average molecular weight is 272 g/mol. The predicted molar refractivity (Wildman–Crippen MR) is 75.3 cm³/mol. The molecule has 20 heavy (non-hydrogen) atoms. The first-order valence-corrected chi connectivity index (χ1v) is 7.41.